The van der Waals surface area contributed by atoms with Crippen molar-refractivity contribution < 1.29 is 4.74 Å². The van der Waals surface area contributed by atoms with Gasteiger partial charge in [-0.05, 0) is 43.3 Å². The van der Waals surface area contributed by atoms with Crippen LogP contribution in [0.5, 0.6) is 5.75 Å². The number of methoxy groups -OCH3 is 1. The van der Waals surface area contributed by atoms with Crippen LogP contribution in [0.15, 0.2) is 36.5 Å². The van der Waals surface area contributed by atoms with E-state index in [0.29, 0.717) is 6.54 Å². The van der Waals surface area contributed by atoms with Gasteiger partial charge in [-0.1, -0.05) is 0 Å². The fourth-order valence-electron chi connectivity index (χ4n) is 2.12. The number of hydrogen-bond acceptors (Lipinski definition) is 4. The molecule has 0 aliphatic rings. The molecule has 5 heteroatoms. The van der Waals surface area contributed by atoms with Gasteiger partial charge in [0.1, 0.15) is 5.75 Å². The summed E-state index contributed by atoms with van der Waals surface area (Å²) in [6, 6.07) is 10.1. The summed E-state index contributed by atoms with van der Waals surface area (Å²) < 4.78 is 7.02. The van der Waals surface area contributed by atoms with Crippen molar-refractivity contribution in [2.45, 2.75) is 13.0 Å². The van der Waals surface area contributed by atoms with Crippen molar-refractivity contribution in [2.24, 2.45) is 12.8 Å². The lowest BCUT2D eigenvalue weighted by atomic mass is 10.2. The summed E-state index contributed by atoms with van der Waals surface area (Å²) in [7, 11) is 3.61. The Labute approximate surface area is 119 Å². The molecule has 20 heavy (non-hydrogen) atoms. The van der Waals surface area contributed by atoms with Crippen LogP contribution in [-0.4, -0.2) is 30.0 Å². The van der Waals surface area contributed by atoms with Gasteiger partial charge in [-0.3, -0.25) is 4.68 Å². The van der Waals surface area contributed by atoms with E-state index < -0.39 is 0 Å². The zero-order valence-corrected chi connectivity index (χ0v) is 12.1. The first-order chi connectivity index (χ1) is 9.72. The maximum absolute atomic E-state index is 5.63. The second-order valence-electron chi connectivity index (χ2n) is 4.74. The highest BCUT2D eigenvalue weighted by molar-refractivity contribution is 5.49. The Bertz CT molecular complexity index is 521. The van der Waals surface area contributed by atoms with Gasteiger partial charge in [0.25, 0.3) is 0 Å². The van der Waals surface area contributed by atoms with Crippen LogP contribution >= 0.6 is 0 Å². The van der Waals surface area contributed by atoms with Crippen LogP contribution in [-0.2, 0) is 13.6 Å². The first kappa shape index (κ1) is 14.4. The normalized spacial score (nSPS) is 10.6. The van der Waals surface area contributed by atoms with Crippen LogP contribution in [0.1, 0.15) is 12.1 Å². The summed E-state index contributed by atoms with van der Waals surface area (Å²) in [4.78, 5) is 2.29. The number of nitrogens with two attached hydrogens (primary N) is 1. The third-order valence-corrected chi connectivity index (χ3v) is 3.19. The van der Waals surface area contributed by atoms with Gasteiger partial charge < -0.3 is 15.4 Å². The molecule has 0 fully saturated rings. The zero-order chi connectivity index (χ0) is 14.4. The average molecular weight is 274 g/mol. The molecule has 2 rings (SSSR count). The Hall–Kier alpha value is -2.01. The highest BCUT2D eigenvalue weighted by Crippen LogP contribution is 2.21. The minimum absolute atomic E-state index is 0.689. The van der Waals surface area contributed by atoms with E-state index in [9.17, 15) is 0 Å². The van der Waals surface area contributed by atoms with Crippen LogP contribution in [0.25, 0.3) is 0 Å². The largest absolute Gasteiger partial charge is 0.497 e. The van der Waals surface area contributed by atoms with E-state index in [4.69, 9.17) is 10.5 Å². The molecule has 0 saturated heterocycles. The molecule has 2 N–H and O–H groups in total. The summed E-state index contributed by atoms with van der Waals surface area (Å²) in [6.45, 7) is 2.39. The highest BCUT2D eigenvalue weighted by atomic mass is 16.5. The number of aromatic nitrogens is 2. The molecule has 0 saturated carbocycles. The number of aryl methyl sites for hydroxylation is 1. The lowest BCUT2D eigenvalue weighted by Gasteiger charge is -2.24. The Morgan fingerprint density at radius 1 is 1.25 bits per heavy atom. The Balaban J connectivity index is 2.12. The van der Waals surface area contributed by atoms with E-state index >= 15 is 0 Å². The predicted molar refractivity (Wildman–Crippen MR) is 80.9 cm³/mol. The average Bonchev–Trinajstić information content (AvgIpc) is 2.89. The highest BCUT2D eigenvalue weighted by Gasteiger charge is 2.09. The van der Waals surface area contributed by atoms with Crippen molar-refractivity contribution in [1.82, 2.24) is 9.78 Å². The number of anilines is 1. The monoisotopic (exact) mass is 274 g/mol. The molecule has 1 aromatic heterocycles. The summed E-state index contributed by atoms with van der Waals surface area (Å²) >= 11 is 0. The van der Waals surface area contributed by atoms with Gasteiger partial charge in [-0.2, -0.15) is 5.10 Å². The van der Waals surface area contributed by atoms with E-state index in [2.05, 4.69) is 22.1 Å². The molecule has 108 valence electrons. The van der Waals surface area contributed by atoms with Gasteiger partial charge in [-0.15, -0.1) is 0 Å². The minimum Gasteiger partial charge on any atom is -0.497 e. The van der Waals surface area contributed by atoms with Gasteiger partial charge >= 0.3 is 0 Å². The topological polar surface area (TPSA) is 56.3 Å². The molecular formula is C15H22N4O. The predicted octanol–water partition coefficient (Wildman–Crippen LogP) is 1.78. The van der Waals surface area contributed by atoms with Crippen LogP contribution in [0.3, 0.4) is 0 Å². The number of ether oxygens (including phenoxy) is 1. The van der Waals surface area contributed by atoms with Crippen molar-refractivity contribution in [3.63, 3.8) is 0 Å². The molecule has 0 radical (unpaired) electrons. The second-order valence-corrected chi connectivity index (χ2v) is 4.74. The molecule has 0 aliphatic heterocycles. The number of nitrogens with zero attached hydrogens (tertiary/aromatic N) is 3. The van der Waals surface area contributed by atoms with Crippen LogP contribution < -0.4 is 15.4 Å². The molecule has 5 nitrogen and oxygen atoms in total. The van der Waals surface area contributed by atoms with Crippen molar-refractivity contribution in [3.8, 4) is 5.75 Å². The molecule has 0 amide bonds. The lowest BCUT2D eigenvalue weighted by molar-refractivity contribution is 0.415. The van der Waals surface area contributed by atoms with Crippen LogP contribution in [0.2, 0.25) is 0 Å². The van der Waals surface area contributed by atoms with Gasteiger partial charge in [-0.25, -0.2) is 0 Å². The quantitative estimate of drug-likeness (QED) is 0.836. The Morgan fingerprint density at radius 3 is 2.55 bits per heavy atom. The minimum atomic E-state index is 0.689. The van der Waals surface area contributed by atoms with E-state index in [-0.39, 0.29) is 0 Å². The maximum atomic E-state index is 5.63. The molecule has 0 aliphatic carbocycles. The summed E-state index contributed by atoms with van der Waals surface area (Å²) in [5.41, 5.74) is 7.84. The van der Waals surface area contributed by atoms with Gasteiger partial charge in [0.15, 0.2) is 0 Å². The molecule has 0 atom stereocenters. The lowest BCUT2D eigenvalue weighted by Crippen LogP contribution is -2.25. The van der Waals surface area contributed by atoms with Gasteiger partial charge in [0, 0.05) is 25.5 Å². The smallest absolute Gasteiger partial charge is 0.119 e. The Morgan fingerprint density at radius 2 is 2.00 bits per heavy atom. The van der Waals surface area contributed by atoms with Crippen molar-refractivity contribution in [2.75, 3.05) is 25.1 Å². The first-order valence-electron chi connectivity index (χ1n) is 6.80. The van der Waals surface area contributed by atoms with E-state index in [1.807, 2.05) is 36.1 Å². The first-order valence-corrected chi connectivity index (χ1v) is 6.80. The van der Waals surface area contributed by atoms with E-state index in [0.717, 1.165) is 36.6 Å². The summed E-state index contributed by atoms with van der Waals surface area (Å²) in [5, 5.41) is 4.44. The number of hydrogen-bond donors (Lipinski definition) is 1. The van der Waals surface area contributed by atoms with Gasteiger partial charge in [0.05, 0.1) is 19.3 Å². The van der Waals surface area contributed by atoms with Crippen molar-refractivity contribution in [1.29, 1.82) is 0 Å². The van der Waals surface area contributed by atoms with Crippen LogP contribution in [0, 0.1) is 0 Å². The van der Waals surface area contributed by atoms with Crippen LogP contribution in [0.4, 0.5) is 5.69 Å². The molecule has 0 bridgehead atoms. The second kappa shape index (κ2) is 6.96. The van der Waals surface area contributed by atoms with E-state index in [1.54, 1.807) is 7.11 Å². The molecule has 1 heterocycles. The fourth-order valence-corrected chi connectivity index (χ4v) is 2.12. The van der Waals surface area contributed by atoms with Crippen molar-refractivity contribution in [3.05, 3.63) is 42.2 Å². The van der Waals surface area contributed by atoms with Crippen molar-refractivity contribution >= 4 is 5.69 Å². The number of rotatable bonds is 7. The number of benzene rings is 1. The van der Waals surface area contributed by atoms with E-state index in [1.165, 1.54) is 0 Å². The third-order valence-electron chi connectivity index (χ3n) is 3.19. The van der Waals surface area contributed by atoms with Gasteiger partial charge in [0.2, 0.25) is 0 Å². The molecule has 0 spiro atoms. The SMILES string of the molecule is COc1ccc(N(CCCN)Cc2ccn(C)n2)cc1. The standard InChI is InChI=1S/C15H22N4O/c1-18-11-8-13(17-18)12-19(10-3-9-16)14-4-6-15(20-2)7-5-14/h4-8,11H,3,9-10,12,16H2,1-2H3. The maximum Gasteiger partial charge on any atom is 0.119 e. The fraction of sp³-hybridized carbons (Fsp3) is 0.400. The summed E-state index contributed by atoms with van der Waals surface area (Å²) in [5.74, 6) is 0.866. The zero-order valence-electron chi connectivity index (χ0n) is 12.1. The third kappa shape index (κ3) is 3.74. The molecule has 0 unspecified atom stereocenters. The molecular weight excluding hydrogens is 252 g/mol. The molecule has 2 aromatic rings. The summed E-state index contributed by atoms with van der Waals surface area (Å²) in [6.07, 6.45) is 2.92. The molecule has 1 aromatic carbocycles. The Kier molecular flexibility index (Phi) is 5.01.